The van der Waals surface area contributed by atoms with Gasteiger partial charge in [-0.25, -0.2) is 10.4 Å². The number of hydrogen-bond acceptors (Lipinski definition) is 6. The first-order valence-electron chi connectivity index (χ1n) is 5.82. The highest BCUT2D eigenvalue weighted by Gasteiger charge is 2.01. The number of hydrogen-bond donors (Lipinski definition) is 3. The average Bonchev–Trinajstić information content (AvgIpc) is 2.40. The van der Waals surface area contributed by atoms with Gasteiger partial charge in [-0.3, -0.25) is 9.78 Å². The Labute approximate surface area is 115 Å². The number of aromatic amines is 1. The van der Waals surface area contributed by atoms with Crippen LogP contribution in [0.1, 0.15) is 11.3 Å². The lowest BCUT2D eigenvalue weighted by molar-refractivity contribution is 0.412. The maximum absolute atomic E-state index is 11.2. The molecule has 1 heterocycles. The van der Waals surface area contributed by atoms with Gasteiger partial charge >= 0.3 is 0 Å². The van der Waals surface area contributed by atoms with E-state index in [4.69, 9.17) is 4.74 Å². The van der Waals surface area contributed by atoms with Crippen LogP contribution in [0.3, 0.4) is 0 Å². The second kappa shape index (κ2) is 5.87. The van der Waals surface area contributed by atoms with Crippen LogP contribution in [0.5, 0.6) is 11.5 Å². The van der Waals surface area contributed by atoms with Gasteiger partial charge in [0.15, 0.2) is 0 Å². The van der Waals surface area contributed by atoms with Crippen molar-refractivity contribution in [2.45, 2.75) is 6.92 Å². The minimum atomic E-state index is -0.264. The molecule has 3 N–H and O–H groups in total. The van der Waals surface area contributed by atoms with Crippen molar-refractivity contribution in [1.29, 1.82) is 0 Å². The Morgan fingerprint density at radius 3 is 2.95 bits per heavy atom. The molecule has 0 atom stereocenters. The van der Waals surface area contributed by atoms with E-state index in [2.05, 4.69) is 20.5 Å². The van der Waals surface area contributed by atoms with E-state index in [9.17, 15) is 9.90 Å². The van der Waals surface area contributed by atoms with Crippen molar-refractivity contribution in [3.63, 3.8) is 0 Å². The van der Waals surface area contributed by atoms with Crippen LogP contribution in [0, 0.1) is 6.92 Å². The van der Waals surface area contributed by atoms with Crippen molar-refractivity contribution in [3.05, 3.63) is 45.9 Å². The number of nitrogens with one attached hydrogen (secondary N) is 2. The Morgan fingerprint density at radius 2 is 2.25 bits per heavy atom. The van der Waals surface area contributed by atoms with Gasteiger partial charge < -0.3 is 9.84 Å². The number of aromatic hydroxyl groups is 1. The Morgan fingerprint density at radius 1 is 1.45 bits per heavy atom. The summed E-state index contributed by atoms with van der Waals surface area (Å²) in [6.45, 7) is 1.71. The summed E-state index contributed by atoms with van der Waals surface area (Å²) in [4.78, 5) is 17.8. The highest BCUT2D eigenvalue weighted by atomic mass is 16.5. The van der Waals surface area contributed by atoms with Crippen molar-refractivity contribution in [1.82, 2.24) is 9.97 Å². The van der Waals surface area contributed by atoms with Crippen LogP contribution in [0.4, 0.5) is 5.95 Å². The fraction of sp³-hybridized carbons (Fsp3) is 0.154. The van der Waals surface area contributed by atoms with Crippen molar-refractivity contribution in [2.24, 2.45) is 5.10 Å². The summed E-state index contributed by atoms with van der Waals surface area (Å²) in [7, 11) is 1.53. The van der Waals surface area contributed by atoms with E-state index in [-0.39, 0.29) is 17.3 Å². The van der Waals surface area contributed by atoms with Gasteiger partial charge in [-0.2, -0.15) is 5.10 Å². The van der Waals surface area contributed by atoms with Gasteiger partial charge in [-0.1, -0.05) is 0 Å². The topological polar surface area (TPSA) is 99.6 Å². The Bertz CT molecular complexity index is 694. The van der Waals surface area contributed by atoms with Gasteiger partial charge in [-0.15, -0.1) is 0 Å². The van der Waals surface area contributed by atoms with Gasteiger partial charge in [0, 0.05) is 17.3 Å². The number of nitrogens with zero attached hydrogens (tertiary/aromatic N) is 2. The number of benzene rings is 1. The van der Waals surface area contributed by atoms with Gasteiger partial charge in [0.05, 0.1) is 13.3 Å². The molecule has 0 fully saturated rings. The molecule has 0 aliphatic rings. The van der Waals surface area contributed by atoms with Crippen LogP contribution in [0.15, 0.2) is 34.2 Å². The number of phenolic OH excluding ortho intramolecular Hbond substituents is 1. The normalized spacial score (nSPS) is 10.7. The zero-order chi connectivity index (χ0) is 14.5. The number of ether oxygens (including phenoxy) is 1. The SMILES string of the molecule is COc1ccc(O)c(/C=N\Nc2nc(C)cc(=O)[nH]2)c1. The maximum atomic E-state index is 11.2. The van der Waals surface area contributed by atoms with Crippen LogP contribution < -0.4 is 15.7 Å². The molecule has 104 valence electrons. The standard InChI is InChI=1S/C13H14N4O3/c1-8-5-12(19)16-13(15-8)17-14-7-9-6-10(20-2)3-4-11(9)18/h3-7,18H,1-2H3,(H2,15,16,17,19)/b14-7-. The minimum Gasteiger partial charge on any atom is -0.507 e. The lowest BCUT2D eigenvalue weighted by Crippen LogP contribution is -2.10. The van der Waals surface area contributed by atoms with Crippen LogP contribution in [0.25, 0.3) is 0 Å². The number of rotatable bonds is 4. The predicted molar refractivity (Wildman–Crippen MR) is 75.5 cm³/mol. The molecule has 1 aromatic heterocycles. The number of hydrazone groups is 1. The fourth-order valence-corrected chi connectivity index (χ4v) is 1.56. The molecule has 2 aromatic rings. The van der Waals surface area contributed by atoms with E-state index in [0.29, 0.717) is 17.0 Å². The summed E-state index contributed by atoms with van der Waals surface area (Å²) < 4.78 is 5.05. The molecule has 2 rings (SSSR count). The fourth-order valence-electron chi connectivity index (χ4n) is 1.56. The van der Waals surface area contributed by atoms with Gasteiger partial charge in [0.25, 0.3) is 5.56 Å². The predicted octanol–water partition coefficient (Wildman–Crippen LogP) is 1.24. The largest absolute Gasteiger partial charge is 0.507 e. The molecule has 20 heavy (non-hydrogen) atoms. The van der Waals surface area contributed by atoms with Crippen molar-refractivity contribution >= 4 is 12.2 Å². The second-order valence-electron chi connectivity index (χ2n) is 4.03. The molecule has 0 aliphatic heterocycles. The van der Waals surface area contributed by atoms with Gasteiger partial charge in [-0.05, 0) is 25.1 Å². The summed E-state index contributed by atoms with van der Waals surface area (Å²) in [6, 6.07) is 6.16. The molecule has 0 saturated heterocycles. The zero-order valence-electron chi connectivity index (χ0n) is 11.0. The Balaban J connectivity index is 2.15. The third-order valence-corrected chi connectivity index (χ3v) is 2.48. The summed E-state index contributed by atoms with van der Waals surface area (Å²) >= 11 is 0. The molecule has 0 radical (unpaired) electrons. The Kier molecular flexibility index (Phi) is 3.99. The third-order valence-electron chi connectivity index (χ3n) is 2.48. The Hall–Kier alpha value is -2.83. The maximum Gasteiger partial charge on any atom is 0.252 e. The number of H-pyrrole nitrogens is 1. The van der Waals surface area contributed by atoms with Crippen molar-refractivity contribution in [3.8, 4) is 11.5 Å². The summed E-state index contributed by atoms with van der Waals surface area (Å²) in [5, 5.41) is 13.6. The average molecular weight is 274 g/mol. The molecule has 7 heteroatoms. The third kappa shape index (κ3) is 3.35. The highest BCUT2D eigenvalue weighted by molar-refractivity contribution is 5.84. The van der Waals surface area contributed by atoms with E-state index in [1.807, 2.05) is 0 Å². The number of aryl methyl sites for hydroxylation is 1. The number of aromatic nitrogens is 2. The second-order valence-corrected chi connectivity index (χ2v) is 4.03. The first kappa shape index (κ1) is 13.6. The van der Waals surface area contributed by atoms with Crippen molar-refractivity contribution in [2.75, 3.05) is 12.5 Å². The molecule has 1 aromatic carbocycles. The molecular weight excluding hydrogens is 260 g/mol. The molecular formula is C13H14N4O3. The van der Waals surface area contributed by atoms with Crippen LogP contribution in [-0.2, 0) is 0 Å². The van der Waals surface area contributed by atoms with E-state index in [1.54, 1.807) is 19.1 Å². The first-order chi connectivity index (χ1) is 9.58. The van der Waals surface area contributed by atoms with E-state index < -0.39 is 0 Å². The number of anilines is 1. The van der Waals surface area contributed by atoms with Crippen LogP contribution in [0.2, 0.25) is 0 Å². The zero-order valence-corrected chi connectivity index (χ0v) is 11.0. The van der Waals surface area contributed by atoms with E-state index in [1.165, 1.54) is 25.5 Å². The van der Waals surface area contributed by atoms with Crippen LogP contribution in [-0.4, -0.2) is 28.4 Å². The molecule has 0 spiro atoms. The van der Waals surface area contributed by atoms with E-state index in [0.717, 1.165) is 0 Å². The van der Waals surface area contributed by atoms with Crippen molar-refractivity contribution < 1.29 is 9.84 Å². The molecule has 0 unspecified atom stereocenters. The summed E-state index contributed by atoms with van der Waals surface area (Å²) in [5.41, 5.74) is 3.38. The molecule has 0 amide bonds. The highest BCUT2D eigenvalue weighted by Crippen LogP contribution is 2.21. The summed E-state index contributed by atoms with van der Waals surface area (Å²) in [6.07, 6.45) is 1.40. The summed E-state index contributed by atoms with van der Waals surface area (Å²) in [5.74, 6) is 0.905. The van der Waals surface area contributed by atoms with Gasteiger partial charge in [0.2, 0.25) is 5.95 Å². The smallest absolute Gasteiger partial charge is 0.252 e. The van der Waals surface area contributed by atoms with Gasteiger partial charge in [0.1, 0.15) is 11.5 Å². The number of phenols is 1. The molecule has 0 aliphatic carbocycles. The molecule has 0 bridgehead atoms. The van der Waals surface area contributed by atoms with Crippen LogP contribution >= 0.6 is 0 Å². The number of methoxy groups -OCH3 is 1. The van der Waals surface area contributed by atoms with E-state index >= 15 is 0 Å². The first-order valence-corrected chi connectivity index (χ1v) is 5.82. The lowest BCUT2D eigenvalue weighted by Gasteiger charge is -2.03. The molecule has 7 nitrogen and oxygen atoms in total. The molecule has 0 saturated carbocycles. The lowest BCUT2D eigenvalue weighted by atomic mass is 10.2. The monoisotopic (exact) mass is 274 g/mol. The minimum absolute atomic E-state index is 0.0713. The quantitative estimate of drug-likeness (QED) is 0.575.